The fourth-order valence-electron chi connectivity index (χ4n) is 1.22. The van der Waals surface area contributed by atoms with E-state index < -0.39 is 0 Å². The van der Waals surface area contributed by atoms with Gasteiger partial charge in [0.1, 0.15) is 11.9 Å². The number of carbonyl (C=O) groups is 1. The first kappa shape index (κ1) is 9.84. The number of carbonyl (C=O) groups excluding carboxylic acids is 1. The van der Waals surface area contributed by atoms with Crippen LogP contribution in [0.5, 0.6) is 0 Å². The summed E-state index contributed by atoms with van der Waals surface area (Å²) in [4.78, 5) is 11.0. The second-order valence-electron chi connectivity index (χ2n) is 2.75. The van der Waals surface area contributed by atoms with Crippen LogP contribution >= 0.6 is 0 Å². The molecule has 1 atom stereocenters. The molecule has 13 heavy (non-hydrogen) atoms. The van der Waals surface area contributed by atoms with E-state index in [4.69, 9.17) is 9.47 Å². The van der Waals surface area contributed by atoms with E-state index in [1.165, 1.54) is 6.08 Å². The maximum absolute atomic E-state index is 11.0. The number of cyclic esters (lactones) is 1. The van der Waals surface area contributed by atoms with Crippen molar-refractivity contribution in [3.05, 3.63) is 24.0 Å². The van der Waals surface area contributed by atoms with Gasteiger partial charge in [0.05, 0.1) is 12.7 Å². The average molecular weight is 182 g/mol. The van der Waals surface area contributed by atoms with Crippen LogP contribution in [-0.2, 0) is 14.3 Å². The maximum Gasteiger partial charge on any atom is 0.334 e. The second kappa shape index (κ2) is 4.70. The van der Waals surface area contributed by atoms with Crippen molar-refractivity contribution in [1.82, 2.24) is 0 Å². The number of hydrogen-bond acceptors (Lipinski definition) is 3. The molecule has 0 aromatic carbocycles. The molecule has 1 heterocycles. The van der Waals surface area contributed by atoms with Crippen LogP contribution in [0.15, 0.2) is 24.0 Å². The Balaban J connectivity index is 2.61. The minimum Gasteiger partial charge on any atom is -0.498 e. The maximum atomic E-state index is 11.0. The lowest BCUT2D eigenvalue weighted by molar-refractivity contribution is -0.142. The Kier molecular flexibility index (Phi) is 3.55. The Hall–Kier alpha value is -1.25. The predicted molar refractivity (Wildman–Crippen MR) is 49.0 cm³/mol. The molecule has 0 aliphatic carbocycles. The third-order valence-corrected chi connectivity index (χ3v) is 1.69. The van der Waals surface area contributed by atoms with Crippen molar-refractivity contribution in [2.45, 2.75) is 26.4 Å². The molecule has 1 unspecified atom stereocenters. The molecule has 0 aromatic rings. The van der Waals surface area contributed by atoms with Gasteiger partial charge < -0.3 is 9.47 Å². The second-order valence-corrected chi connectivity index (χ2v) is 2.75. The van der Waals surface area contributed by atoms with Crippen LogP contribution in [0.1, 0.15) is 20.3 Å². The van der Waals surface area contributed by atoms with Crippen molar-refractivity contribution in [3.8, 4) is 0 Å². The zero-order chi connectivity index (χ0) is 9.68. The van der Waals surface area contributed by atoms with Gasteiger partial charge in [0, 0.05) is 6.42 Å². The van der Waals surface area contributed by atoms with E-state index in [0.29, 0.717) is 18.8 Å². The smallest absolute Gasteiger partial charge is 0.334 e. The van der Waals surface area contributed by atoms with Crippen LogP contribution < -0.4 is 0 Å². The highest BCUT2D eigenvalue weighted by Gasteiger charge is 2.19. The first-order valence-electron chi connectivity index (χ1n) is 4.43. The van der Waals surface area contributed by atoms with Gasteiger partial charge in [-0.25, -0.2) is 4.79 Å². The van der Waals surface area contributed by atoms with Gasteiger partial charge in [-0.1, -0.05) is 6.08 Å². The molecular weight excluding hydrogens is 168 g/mol. The van der Waals surface area contributed by atoms with E-state index in [9.17, 15) is 4.79 Å². The lowest BCUT2D eigenvalue weighted by atomic mass is 10.1. The quantitative estimate of drug-likeness (QED) is 0.493. The minimum absolute atomic E-state index is 0.163. The summed E-state index contributed by atoms with van der Waals surface area (Å²) in [6, 6.07) is 0. The molecule has 0 amide bonds. The average Bonchev–Trinajstić information content (AvgIpc) is 2.04. The summed E-state index contributed by atoms with van der Waals surface area (Å²) in [6.45, 7) is 4.37. The largest absolute Gasteiger partial charge is 0.498 e. The van der Waals surface area contributed by atoms with Gasteiger partial charge in [0.25, 0.3) is 0 Å². The van der Waals surface area contributed by atoms with Crippen molar-refractivity contribution in [3.63, 3.8) is 0 Å². The van der Waals surface area contributed by atoms with Gasteiger partial charge in [-0.3, -0.25) is 0 Å². The first-order chi connectivity index (χ1) is 6.26. The number of esters is 1. The monoisotopic (exact) mass is 182 g/mol. The van der Waals surface area contributed by atoms with Crippen molar-refractivity contribution in [2.75, 3.05) is 6.61 Å². The summed E-state index contributed by atoms with van der Waals surface area (Å²) < 4.78 is 10.3. The summed E-state index contributed by atoms with van der Waals surface area (Å²) in [6.07, 6.45) is 5.61. The van der Waals surface area contributed by atoms with Crippen molar-refractivity contribution < 1.29 is 14.3 Å². The summed E-state index contributed by atoms with van der Waals surface area (Å²) in [5.41, 5.74) is 0. The molecule has 3 heteroatoms. The Morgan fingerprint density at radius 3 is 3.15 bits per heavy atom. The van der Waals surface area contributed by atoms with Gasteiger partial charge in [0.2, 0.25) is 0 Å². The molecule has 1 rings (SSSR count). The molecule has 3 nitrogen and oxygen atoms in total. The zero-order valence-corrected chi connectivity index (χ0v) is 7.95. The van der Waals surface area contributed by atoms with Gasteiger partial charge >= 0.3 is 5.97 Å². The highest BCUT2D eigenvalue weighted by atomic mass is 16.5. The molecule has 1 aliphatic rings. The SMILES string of the molecule is C/C=C/C1CC(OCC)=CC(=O)O1. The highest BCUT2D eigenvalue weighted by Crippen LogP contribution is 2.17. The summed E-state index contributed by atoms with van der Waals surface area (Å²) in [7, 11) is 0. The molecule has 72 valence electrons. The van der Waals surface area contributed by atoms with Gasteiger partial charge in [-0.05, 0) is 19.9 Å². The minimum atomic E-state index is -0.321. The van der Waals surface area contributed by atoms with E-state index in [2.05, 4.69) is 0 Å². The molecular formula is C10H14O3. The van der Waals surface area contributed by atoms with Crippen molar-refractivity contribution in [1.29, 1.82) is 0 Å². The standard InChI is InChI=1S/C10H14O3/c1-3-5-8-6-9(12-4-2)7-10(11)13-8/h3,5,7-8H,4,6H2,1-2H3/b5-3+. The van der Waals surface area contributed by atoms with Gasteiger partial charge in [0.15, 0.2) is 0 Å². The zero-order valence-electron chi connectivity index (χ0n) is 7.95. The van der Waals surface area contributed by atoms with Crippen LogP contribution in [0.3, 0.4) is 0 Å². The number of ether oxygens (including phenoxy) is 2. The van der Waals surface area contributed by atoms with Crippen LogP contribution in [-0.4, -0.2) is 18.7 Å². The molecule has 0 spiro atoms. The van der Waals surface area contributed by atoms with E-state index in [1.54, 1.807) is 0 Å². The first-order valence-corrected chi connectivity index (χ1v) is 4.43. The van der Waals surface area contributed by atoms with E-state index >= 15 is 0 Å². The van der Waals surface area contributed by atoms with Crippen molar-refractivity contribution in [2.24, 2.45) is 0 Å². The van der Waals surface area contributed by atoms with E-state index in [-0.39, 0.29) is 12.1 Å². The third kappa shape index (κ3) is 2.93. The normalized spacial score (nSPS) is 22.8. The molecule has 0 N–H and O–H groups in total. The van der Waals surface area contributed by atoms with Gasteiger partial charge in [-0.15, -0.1) is 0 Å². The fraction of sp³-hybridized carbons (Fsp3) is 0.500. The molecule has 0 saturated heterocycles. The molecule has 0 aromatic heterocycles. The number of rotatable bonds is 3. The van der Waals surface area contributed by atoms with Crippen LogP contribution in [0, 0.1) is 0 Å². The Labute approximate surface area is 78.0 Å². The Morgan fingerprint density at radius 2 is 2.54 bits per heavy atom. The van der Waals surface area contributed by atoms with Crippen LogP contribution in [0.4, 0.5) is 0 Å². The molecule has 1 aliphatic heterocycles. The lowest BCUT2D eigenvalue weighted by Gasteiger charge is -2.20. The van der Waals surface area contributed by atoms with Crippen LogP contribution in [0.25, 0.3) is 0 Å². The summed E-state index contributed by atoms with van der Waals surface area (Å²) in [5, 5.41) is 0. The van der Waals surface area contributed by atoms with Crippen LogP contribution in [0.2, 0.25) is 0 Å². The molecule has 0 fully saturated rings. The van der Waals surface area contributed by atoms with Gasteiger partial charge in [-0.2, -0.15) is 0 Å². The van der Waals surface area contributed by atoms with E-state index in [1.807, 2.05) is 26.0 Å². The fourth-order valence-corrected chi connectivity index (χ4v) is 1.22. The highest BCUT2D eigenvalue weighted by molar-refractivity contribution is 5.83. The Bertz CT molecular complexity index is 241. The molecule has 0 radical (unpaired) electrons. The van der Waals surface area contributed by atoms with Crippen molar-refractivity contribution >= 4 is 5.97 Å². The summed E-state index contributed by atoms with van der Waals surface area (Å²) in [5.74, 6) is 0.389. The molecule has 0 bridgehead atoms. The Morgan fingerprint density at radius 1 is 1.77 bits per heavy atom. The topological polar surface area (TPSA) is 35.5 Å². The molecule has 0 saturated carbocycles. The number of hydrogen-bond donors (Lipinski definition) is 0. The predicted octanol–water partition coefficient (Wildman–Crippen LogP) is 1.80. The third-order valence-electron chi connectivity index (χ3n) is 1.69. The lowest BCUT2D eigenvalue weighted by Crippen LogP contribution is -2.21. The number of allylic oxidation sites excluding steroid dienone is 1. The van der Waals surface area contributed by atoms with E-state index in [0.717, 1.165) is 0 Å². The summed E-state index contributed by atoms with van der Waals surface area (Å²) >= 11 is 0.